The molecule has 26 heavy (non-hydrogen) atoms. The molecular weight excluding hydrogens is 328 g/mol. The highest BCUT2D eigenvalue weighted by molar-refractivity contribution is 5.96. The number of pyridine rings is 1. The first kappa shape index (κ1) is 17.8. The Morgan fingerprint density at radius 2 is 1.88 bits per heavy atom. The lowest BCUT2D eigenvalue weighted by atomic mass is 9.84. The predicted molar refractivity (Wildman–Crippen MR) is 99.7 cm³/mol. The van der Waals surface area contributed by atoms with Crippen molar-refractivity contribution < 1.29 is 9.90 Å². The van der Waals surface area contributed by atoms with E-state index >= 15 is 0 Å². The van der Waals surface area contributed by atoms with Crippen molar-refractivity contribution >= 4 is 11.9 Å². The third-order valence-electron chi connectivity index (χ3n) is 4.65. The number of nitrogens with one attached hydrogen (secondary N) is 1. The molecule has 2 unspecified atom stereocenters. The minimum Gasteiger partial charge on any atom is -0.380 e. The van der Waals surface area contributed by atoms with Crippen molar-refractivity contribution in [3.63, 3.8) is 0 Å². The first-order chi connectivity index (χ1) is 12.5. The molecule has 6 nitrogen and oxygen atoms in total. The molecule has 3 rings (SSSR count). The van der Waals surface area contributed by atoms with Gasteiger partial charge in [-0.15, -0.1) is 0 Å². The van der Waals surface area contributed by atoms with Gasteiger partial charge in [0.1, 0.15) is 5.60 Å². The summed E-state index contributed by atoms with van der Waals surface area (Å²) in [5, 5.41) is 13.6. The molecule has 6 heteroatoms. The number of nitrogens with zero attached hydrogens (tertiary/aromatic N) is 3. The fraction of sp³-hybridized carbons (Fsp3) is 0.250. The van der Waals surface area contributed by atoms with Crippen LogP contribution in [0, 0.1) is 0 Å². The van der Waals surface area contributed by atoms with E-state index < -0.39 is 11.5 Å². The maximum Gasteiger partial charge on any atom is 0.258 e. The number of carbonyl (C=O) groups excluding carboxylic acids is 1. The molecule has 0 fully saturated rings. The van der Waals surface area contributed by atoms with E-state index in [1.807, 2.05) is 54.0 Å². The molecule has 0 spiro atoms. The first-order valence-corrected chi connectivity index (χ1v) is 8.47. The molecule has 0 aliphatic heterocycles. The Morgan fingerprint density at radius 1 is 1.19 bits per heavy atom. The van der Waals surface area contributed by atoms with Crippen molar-refractivity contribution in [3.05, 3.63) is 78.4 Å². The highest BCUT2D eigenvalue weighted by Crippen LogP contribution is 2.28. The number of aromatic nitrogens is 3. The van der Waals surface area contributed by atoms with E-state index in [-0.39, 0.29) is 5.92 Å². The van der Waals surface area contributed by atoms with Gasteiger partial charge < -0.3 is 9.67 Å². The monoisotopic (exact) mass is 350 g/mol. The van der Waals surface area contributed by atoms with Crippen LogP contribution in [0.15, 0.2) is 67.3 Å². The summed E-state index contributed by atoms with van der Waals surface area (Å²) in [6.07, 6.45) is 6.84. The Labute approximate surface area is 152 Å². The molecule has 2 N–H and O–H groups in total. The smallest absolute Gasteiger partial charge is 0.258 e. The van der Waals surface area contributed by atoms with Crippen LogP contribution in [-0.2, 0) is 11.3 Å². The summed E-state index contributed by atoms with van der Waals surface area (Å²) in [4.78, 5) is 20.9. The maximum absolute atomic E-state index is 12.7. The van der Waals surface area contributed by atoms with Crippen LogP contribution in [0.25, 0.3) is 0 Å². The number of aliphatic hydroxyl groups is 1. The van der Waals surface area contributed by atoms with E-state index in [1.165, 1.54) is 6.92 Å². The second-order valence-corrected chi connectivity index (χ2v) is 6.47. The Bertz CT molecular complexity index is 860. The van der Waals surface area contributed by atoms with Gasteiger partial charge in [0.2, 0.25) is 5.95 Å². The molecule has 0 radical (unpaired) electrons. The summed E-state index contributed by atoms with van der Waals surface area (Å²) in [6.45, 7) is 3.91. The summed E-state index contributed by atoms with van der Waals surface area (Å²) in [7, 11) is 0. The van der Waals surface area contributed by atoms with Crippen molar-refractivity contribution in [1.82, 2.24) is 14.5 Å². The van der Waals surface area contributed by atoms with E-state index in [4.69, 9.17) is 0 Å². The number of hydrogen-bond acceptors (Lipinski definition) is 4. The summed E-state index contributed by atoms with van der Waals surface area (Å²) in [5.41, 5.74) is 0.361. The van der Waals surface area contributed by atoms with Crippen LogP contribution in [0.1, 0.15) is 30.9 Å². The number of rotatable bonds is 6. The van der Waals surface area contributed by atoms with Gasteiger partial charge in [-0.2, -0.15) is 0 Å². The highest BCUT2D eigenvalue weighted by Gasteiger charge is 2.38. The van der Waals surface area contributed by atoms with Gasteiger partial charge >= 0.3 is 0 Å². The SMILES string of the molecule is CC(c1ccccc1)C(C)(O)C(=O)Nc1nccn1Cc1ccncc1. The van der Waals surface area contributed by atoms with Gasteiger partial charge in [-0.05, 0) is 30.2 Å². The minimum atomic E-state index is -1.57. The molecule has 0 saturated carbocycles. The summed E-state index contributed by atoms with van der Waals surface area (Å²) >= 11 is 0. The molecule has 2 heterocycles. The van der Waals surface area contributed by atoms with Gasteiger partial charge in [0.05, 0.1) is 6.54 Å². The lowest BCUT2D eigenvalue weighted by Crippen LogP contribution is -2.44. The molecular formula is C20H22N4O2. The van der Waals surface area contributed by atoms with Crippen LogP contribution in [-0.4, -0.2) is 31.1 Å². The third kappa shape index (κ3) is 3.81. The molecule has 0 bridgehead atoms. The van der Waals surface area contributed by atoms with Crippen LogP contribution in [0.4, 0.5) is 5.95 Å². The van der Waals surface area contributed by atoms with Gasteiger partial charge in [0, 0.05) is 30.7 Å². The number of anilines is 1. The van der Waals surface area contributed by atoms with E-state index in [0.29, 0.717) is 12.5 Å². The van der Waals surface area contributed by atoms with Crippen LogP contribution in [0.2, 0.25) is 0 Å². The number of amides is 1. The van der Waals surface area contributed by atoms with E-state index in [2.05, 4.69) is 15.3 Å². The first-order valence-electron chi connectivity index (χ1n) is 8.47. The summed E-state index contributed by atoms with van der Waals surface area (Å²) in [6, 6.07) is 13.3. The molecule has 0 saturated heterocycles. The Balaban J connectivity index is 1.75. The van der Waals surface area contributed by atoms with Crippen LogP contribution >= 0.6 is 0 Å². The van der Waals surface area contributed by atoms with Crippen LogP contribution in [0.3, 0.4) is 0 Å². The average Bonchev–Trinajstić information content (AvgIpc) is 3.09. The molecule has 134 valence electrons. The minimum absolute atomic E-state index is 0.368. The Kier molecular flexibility index (Phi) is 5.14. The molecule has 1 amide bonds. The second kappa shape index (κ2) is 7.49. The van der Waals surface area contributed by atoms with Crippen LogP contribution in [0.5, 0.6) is 0 Å². The van der Waals surface area contributed by atoms with Crippen molar-refractivity contribution in [2.75, 3.05) is 5.32 Å². The number of hydrogen-bond donors (Lipinski definition) is 2. The standard InChI is InChI=1S/C20H22N4O2/c1-15(17-6-4-3-5-7-17)20(2,26)18(25)23-19-22-12-13-24(19)14-16-8-10-21-11-9-16/h3-13,15,26H,14H2,1-2H3,(H,22,23,25). The number of imidazole rings is 1. The molecule has 0 aliphatic rings. The maximum atomic E-state index is 12.7. The zero-order chi connectivity index (χ0) is 18.6. The Hall–Kier alpha value is -2.99. The third-order valence-corrected chi connectivity index (χ3v) is 4.65. The second-order valence-electron chi connectivity index (χ2n) is 6.47. The summed E-state index contributed by atoms with van der Waals surface area (Å²) in [5.74, 6) is -0.462. The van der Waals surface area contributed by atoms with Crippen molar-refractivity contribution in [3.8, 4) is 0 Å². The molecule has 0 aliphatic carbocycles. The predicted octanol–water partition coefficient (Wildman–Crippen LogP) is 2.82. The van der Waals surface area contributed by atoms with E-state index in [9.17, 15) is 9.90 Å². The van der Waals surface area contributed by atoms with Crippen molar-refractivity contribution in [1.29, 1.82) is 0 Å². The van der Waals surface area contributed by atoms with Gasteiger partial charge in [-0.3, -0.25) is 15.1 Å². The lowest BCUT2D eigenvalue weighted by molar-refractivity contribution is -0.134. The van der Waals surface area contributed by atoms with Gasteiger partial charge in [-0.25, -0.2) is 4.98 Å². The van der Waals surface area contributed by atoms with E-state index in [0.717, 1.165) is 11.1 Å². The van der Waals surface area contributed by atoms with E-state index in [1.54, 1.807) is 24.8 Å². The fourth-order valence-corrected chi connectivity index (χ4v) is 2.74. The zero-order valence-corrected chi connectivity index (χ0v) is 14.8. The molecule has 3 aromatic rings. The average molecular weight is 350 g/mol. The zero-order valence-electron chi connectivity index (χ0n) is 14.8. The molecule has 2 aromatic heterocycles. The lowest BCUT2D eigenvalue weighted by Gasteiger charge is -2.29. The topological polar surface area (TPSA) is 80.0 Å². The van der Waals surface area contributed by atoms with Crippen LogP contribution < -0.4 is 5.32 Å². The largest absolute Gasteiger partial charge is 0.380 e. The highest BCUT2D eigenvalue weighted by atomic mass is 16.3. The Morgan fingerprint density at radius 3 is 2.58 bits per heavy atom. The summed E-state index contributed by atoms with van der Waals surface area (Å²) < 4.78 is 1.82. The quantitative estimate of drug-likeness (QED) is 0.716. The van der Waals surface area contributed by atoms with Gasteiger partial charge in [-0.1, -0.05) is 37.3 Å². The number of benzene rings is 1. The van der Waals surface area contributed by atoms with Crippen molar-refractivity contribution in [2.24, 2.45) is 0 Å². The van der Waals surface area contributed by atoms with Gasteiger partial charge in [0.15, 0.2) is 0 Å². The molecule has 2 atom stereocenters. The normalized spacial score (nSPS) is 14.4. The van der Waals surface area contributed by atoms with Gasteiger partial charge in [0.25, 0.3) is 5.91 Å². The van der Waals surface area contributed by atoms with Crippen molar-refractivity contribution in [2.45, 2.75) is 31.9 Å². The molecule has 1 aromatic carbocycles. The fourth-order valence-electron chi connectivity index (χ4n) is 2.74. The number of carbonyl (C=O) groups is 1.